The molecule has 0 saturated heterocycles. The number of fused-ring (bicyclic) bond motifs is 1. The smallest absolute Gasteiger partial charge is 0.408 e. The van der Waals surface area contributed by atoms with Gasteiger partial charge in [0.2, 0.25) is 0 Å². The predicted molar refractivity (Wildman–Crippen MR) is 95.0 cm³/mol. The van der Waals surface area contributed by atoms with Crippen molar-refractivity contribution in [3.05, 3.63) is 24.0 Å². The average Bonchev–Trinajstić information content (AvgIpc) is 2.59. The lowest BCUT2D eigenvalue weighted by Gasteiger charge is -2.23. The molecule has 25 heavy (non-hydrogen) atoms. The number of alkyl carbamates (subject to hydrolysis) is 1. The van der Waals surface area contributed by atoms with Crippen molar-refractivity contribution in [2.75, 3.05) is 23.9 Å². The Hall–Kier alpha value is -1.73. The number of nitrogens with one attached hydrogen (secondary N) is 1. The molecule has 9 heteroatoms. The Bertz CT molecular complexity index is 623. The summed E-state index contributed by atoms with van der Waals surface area (Å²) in [6.07, 6.45) is -0.708. The van der Waals surface area contributed by atoms with E-state index in [1.807, 2.05) is 0 Å². The molecule has 1 atom stereocenters. The van der Waals surface area contributed by atoms with Crippen LogP contribution in [0.4, 0.5) is 14.9 Å². The SMILES string of the molecule is CN1C(=O)[C@@H](NC(=O)OC(C)(C)C)COc2ccc(F)cc21.ClCCl. The van der Waals surface area contributed by atoms with Crippen LogP contribution in [0.2, 0.25) is 0 Å². The number of alkyl halides is 2. The van der Waals surface area contributed by atoms with E-state index in [9.17, 15) is 14.0 Å². The molecule has 0 spiro atoms. The monoisotopic (exact) mass is 394 g/mol. The lowest BCUT2D eigenvalue weighted by molar-refractivity contribution is -0.120. The van der Waals surface area contributed by atoms with Gasteiger partial charge in [-0.3, -0.25) is 4.79 Å². The van der Waals surface area contributed by atoms with Gasteiger partial charge in [0.15, 0.2) is 0 Å². The number of nitrogens with zero attached hydrogens (tertiary/aromatic N) is 1. The fourth-order valence-electron chi connectivity index (χ4n) is 2.02. The summed E-state index contributed by atoms with van der Waals surface area (Å²) in [5.41, 5.74) is -0.352. The van der Waals surface area contributed by atoms with Gasteiger partial charge in [0.1, 0.15) is 29.8 Å². The van der Waals surface area contributed by atoms with E-state index in [1.165, 1.54) is 30.1 Å². The molecule has 0 bridgehead atoms. The maximum atomic E-state index is 13.3. The van der Waals surface area contributed by atoms with Crippen LogP contribution in [0.5, 0.6) is 5.75 Å². The Morgan fingerprint density at radius 3 is 2.60 bits per heavy atom. The van der Waals surface area contributed by atoms with Crippen LogP contribution < -0.4 is 15.0 Å². The van der Waals surface area contributed by atoms with Crippen LogP contribution in [0.15, 0.2) is 18.2 Å². The van der Waals surface area contributed by atoms with Crippen molar-refractivity contribution in [1.29, 1.82) is 0 Å². The molecular weight excluding hydrogens is 374 g/mol. The number of halogens is 3. The molecule has 0 saturated carbocycles. The topological polar surface area (TPSA) is 67.9 Å². The Balaban J connectivity index is 0.000000970. The first-order valence-corrected chi connectivity index (χ1v) is 8.47. The molecule has 1 aliphatic rings. The highest BCUT2D eigenvalue weighted by Crippen LogP contribution is 2.31. The van der Waals surface area contributed by atoms with E-state index in [0.717, 1.165) is 0 Å². The van der Waals surface area contributed by atoms with Gasteiger partial charge in [-0.15, -0.1) is 23.2 Å². The maximum Gasteiger partial charge on any atom is 0.408 e. The molecule has 0 aromatic heterocycles. The summed E-state index contributed by atoms with van der Waals surface area (Å²) in [7, 11) is 1.50. The molecule has 2 amide bonds. The van der Waals surface area contributed by atoms with E-state index in [1.54, 1.807) is 20.8 Å². The van der Waals surface area contributed by atoms with Crippen LogP contribution in [0.3, 0.4) is 0 Å². The number of hydrogen-bond acceptors (Lipinski definition) is 4. The van der Waals surface area contributed by atoms with Gasteiger partial charge in [0.05, 0.1) is 11.0 Å². The van der Waals surface area contributed by atoms with Crippen molar-refractivity contribution in [2.24, 2.45) is 0 Å². The van der Waals surface area contributed by atoms with Crippen LogP contribution in [0.1, 0.15) is 20.8 Å². The Kier molecular flexibility index (Phi) is 7.76. The highest BCUT2D eigenvalue weighted by Gasteiger charge is 2.32. The molecule has 6 nitrogen and oxygen atoms in total. The van der Waals surface area contributed by atoms with Gasteiger partial charge >= 0.3 is 6.09 Å². The van der Waals surface area contributed by atoms with Gasteiger partial charge in [0, 0.05) is 13.1 Å². The molecule has 0 fully saturated rings. The fraction of sp³-hybridized carbons (Fsp3) is 0.500. The predicted octanol–water partition coefficient (Wildman–Crippen LogP) is 3.50. The zero-order chi connectivity index (χ0) is 19.2. The van der Waals surface area contributed by atoms with Crippen LogP contribution in [0, 0.1) is 5.82 Å². The number of ether oxygens (including phenoxy) is 2. The van der Waals surface area contributed by atoms with Crippen molar-refractivity contribution in [1.82, 2.24) is 5.32 Å². The largest absolute Gasteiger partial charge is 0.489 e. The lowest BCUT2D eigenvalue weighted by atomic mass is 10.2. The second-order valence-electron chi connectivity index (χ2n) is 6.12. The highest BCUT2D eigenvalue weighted by molar-refractivity contribution is 6.40. The third kappa shape index (κ3) is 6.59. The van der Waals surface area contributed by atoms with E-state index >= 15 is 0 Å². The fourth-order valence-corrected chi connectivity index (χ4v) is 2.02. The summed E-state index contributed by atoms with van der Waals surface area (Å²) in [5, 5.41) is 2.67. The molecular formula is C16H21Cl2FN2O4. The van der Waals surface area contributed by atoms with E-state index in [2.05, 4.69) is 5.32 Å². The summed E-state index contributed by atoms with van der Waals surface area (Å²) >= 11 is 9.53. The molecule has 2 rings (SSSR count). The second-order valence-corrected chi connectivity index (χ2v) is 6.93. The Labute approximate surface area is 156 Å². The van der Waals surface area contributed by atoms with Crippen LogP contribution >= 0.6 is 23.2 Å². The van der Waals surface area contributed by atoms with Gasteiger partial charge in [-0.25, -0.2) is 9.18 Å². The quantitative estimate of drug-likeness (QED) is 0.740. The van der Waals surface area contributed by atoms with Gasteiger partial charge in [-0.05, 0) is 32.9 Å². The molecule has 0 radical (unpaired) electrons. The van der Waals surface area contributed by atoms with E-state index in [4.69, 9.17) is 32.7 Å². The van der Waals surface area contributed by atoms with Crippen LogP contribution in [-0.2, 0) is 9.53 Å². The third-order valence-corrected chi connectivity index (χ3v) is 3.01. The van der Waals surface area contributed by atoms with E-state index in [-0.39, 0.29) is 11.9 Å². The number of hydrogen-bond donors (Lipinski definition) is 1. The standard InChI is InChI=1S/C15H19FN2O4.CH2Cl2/c1-15(2,3)22-14(20)17-10-8-21-12-6-5-9(16)7-11(12)18(4)13(10)19;2-1-3/h5-7,10H,8H2,1-4H3,(H,17,20);1H2/t10-;/m0./s1. The summed E-state index contributed by atoms with van der Waals surface area (Å²) in [4.78, 5) is 25.4. The van der Waals surface area contributed by atoms with Crippen molar-refractivity contribution in [3.8, 4) is 5.75 Å². The molecule has 0 aliphatic carbocycles. The summed E-state index contributed by atoms with van der Waals surface area (Å²) in [6.45, 7) is 5.12. The number of rotatable bonds is 1. The van der Waals surface area contributed by atoms with Crippen LogP contribution in [0.25, 0.3) is 0 Å². The second kappa shape index (κ2) is 9.10. The molecule has 0 unspecified atom stereocenters. The highest BCUT2D eigenvalue weighted by atomic mass is 35.5. The van der Waals surface area contributed by atoms with E-state index < -0.39 is 29.5 Å². The summed E-state index contributed by atoms with van der Waals surface area (Å²) < 4.78 is 24.0. The average molecular weight is 395 g/mol. The van der Waals surface area contributed by atoms with Crippen molar-refractivity contribution in [3.63, 3.8) is 0 Å². The molecule has 140 valence electrons. The Morgan fingerprint density at radius 1 is 1.44 bits per heavy atom. The first-order valence-electron chi connectivity index (χ1n) is 7.40. The minimum atomic E-state index is -0.907. The minimum Gasteiger partial charge on any atom is -0.489 e. The molecule has 1 N–H and O–H groups in total. The number of carbonyl (C=O) groups is 2. The van der Waals surface area contributed by atoms with Crippen molar-refractivity contribution in [2.45, 2.75) is 32.4 Å². The first-order chi connectivity index (χ1) is 11.6. The number of anilines is 1. The van der Waals surface area contributed by atoms with Crippen LogP contribution in [-0.4, -0.2) is 42.6 Å². The Morgan fingerprint density at radius 2 is 2.04 bits per heavy atom. The van der Waals surface area contributed by atoms with Gasteiger partial charge in [-0.1, -0.05) is 0 Å². The zero-order valence-electron chi connectivity index (χ0n) is 14.4. The molecule has 1 aromatic rings. The van der Waals surface area contributed by atoms with E-state index in [0.29, 0.717) is 11.4 Å². The minimum absolute atomic E-state index is 0.0545. The van der Waals surface area contributed by atoms with Gasteiger partial charge < -0.3 is 19.7 Å². The van der Waals surface area contributed by atoms with Crippen molar-refractivity contribution >= 4 is 40.9 Å². The van der Waals surface area contributed by atoms with Crippen molar-refractivity contribution < 1.29 is 23.5 Å². The number of benzene rings is 1. The zero-order valence-corrected chi connectivity index (χ0v) is 15.9. The van der Waals surface area contributed by atoms with Gasteiger partial charge in [0.25, 0.3) is 5.91 Å². The molecule has 1 aliphatic heterocycles. The summed E-state index contributed by atoms with van der Waals surface area (Å²) in [5.74, 6) is -0.499. The molecule has 1 aromatic carbocycles. The third-order valence-electron chi connectivity index (χ3n) is 3.01. The first kappa shape index (κ1) is 21.3. The maximum absolute atomic E-state index is 13.3. The molecule has 1 heterocycles. The van der Waals surface area contributed by atoms with Gasteiger partial charge in [-0.2, -0.15) is 0 Å². The lowest BCUT2D eigenvalue weighted by Crippen LogP contribution is -2.50. The number of carbonyl (C=O) groups excluding carboxylic acids is 2. The number of likely N-dealkylation sites (N-methyl/N-ethyl adjacent to an activating group) is 1. The number of amides is 2. The normalized spacial score (nSPS) is 16.7. The summed E-state index contributed by atoms with van der Waals surface area (Å²) in [6, 6.07) is 3.00.